The zero-order valence-electron chi connectivity index (χ0n) is 10.9. The van der Waals surface area contributed by atoms with Gasteiger partial charge in [-0.2, -0.15) is 0 Å². The van der Waals surface area contributed by atoms with Gasteiger partial charge < -0.3 is 10.4 Å². The van der Waals surface area contributed by atoms with E-state index in [2.05, 4.69) is 10.0 Å². The van der Waals surface area contributed by atoms with Crippen LogP contribution in [-0.4, -0.2) is 38.5 Å². The molecule has 0 radical (unpaired) electrons. The van der Waals surface area contributed by atoms with Crippen LogP contribution in [0.3, 0.4) is 0 Å². The number of carbonyl (C=O) groups excluding carboxylic acids is 1. The van der Waals surface area contributed by atoms with Crippen LogP contribution in [0.1, 0.15) is 18.2 Å². The Morgan fingerprint density at radius 3 is 2.65 bits per heavy atom. The molecule has 0 atom stereocenters. The van der Waals surface area contributed by atoms with Gasteiger partial charge in [-0.3, -0.25) is 9.59 Å². The van der Waals surface area contributed by atoms with Crippen molar-refractivity contribution in [2.75, 3.05) is 13.1 Å². The number of nitrogens with one attached hydrogen (secondary N) is 2. The summed E-state index contributed by atoms with van der Waals surface area (Å²) in [7, 11) is -3.78. The molecular weight excluding hydrogens is 304 g/mol. The first-order valence-corrected chi connectivity index (χ1v) is 8.22. The molecule has 1 aromatic heterocycles. The number of hydrogen-bond acceptors (Lipinski definition) is 5. The van der Waals surface area contributed by atoms with Gasteiger partial charge in [-0.1, -0.05) is 6.92 Å². The molecule has 112 valence electrons. The molecule has 1 heterocycles. The number of hydrogen-bond donors (Lipinski definition) is 3. The number of carboxylic acid groups (broad SMARTS) is 1. The van der Waals surface area contributed by atoms with Crippen molar-refractivity contribution in [2.45, 2.75) is 24.0 Å². The van der Waals surface area contributed by atoms with Crippen molar-refractivity contribution in [3.63, 3.8) is 0 Å². The monoisotopic (exact) mass is 320 g/mol. The summed E-state index contributed by atoms with van der Waals surface area (Å²) in [6, 6.07) is 2.78. The van der Waals surface area contributed by atoms with Crippen LogP contribution in [0.5, 0.6) is 0 Å². The number of carbonyl (C=O) groups is 2. The first kappa shape index (κ1) is 16.6. The van der Waals surface area contributed by atoms with Crippen molar-refractivity contribution in [1.29, 1.82) is 0 Å². The second-order valence-corrected chi connectivity index (χ2v) is 7.13. The minimum atomic E-state index is -3.78. The van der Waals surface area contributed by atoms with Crippen molar-refractivity contribution in [1.82, 2.24) is 10.0 Å². The summed E-state index contributed by atoms with van der Waals surface area (Å²) < 4.78 is 25.9. The van der Waals surface area contributed by atoms with E-state index in [0.717, 1.165) is 17.8 Å². The van der Waals surface area contributed by atoms with Gasteiger partial charge in [0, 0.05) is 11.4 Å². The van der Waals surface area contributed by atoms with Crippen molar-refractivity contribution >= 4 is 33.2 Å². The normalized spacial score (nSPS) is 11.2. The highest BCUT2D eigenvalue weighted by Gasteiger charge is 2.18. The lowest BCUT2D eigenvalue weighted by atomic mass is 10.3. The molecule has 0 aliphatic heterocycles. The maximum Gasteiger partial charge on any atom is 0.308 e. The molecule has 0 bridgehead atoms. The lowest BCUT2D eigenvalue weighted by Gasteiger charge is -2.05. The Hall–Kier alpha value is -1.45. The summed E-state index contributed by atoms with van der Waals surface area (Å²) in [5.41, 5.74) is 0. The molecule has 0 saturated carbocycles. The molecule has 0 aromatic carbocycles. The number of sulfonamides is 1. The van der Waals surface area contributed by atoms with Gasteiger partial charge in [-0.05, 0) is 18.6 Å². The van der Waals surface area contributed by atoms with Crippen molar-refractivity contribution in [3.8, 4) is 0 Å². The van der Waals surface area contributed by atoms with E-state index < -0.39 is 21.9 Å². The average molecular weight is 320 g/mol. The molecule has 0 fully saturated rings. The molecule has 9 heteroatoms. The Morgan fingerprint density at radius 1 is 1.35 bits per heavy atom. The van der Waals surface area contributed by atoms with E-state index in [-0.39, 0.29) is 17.2 Å². The fourth-order valence-electron chi connectivity index (χ4n) is 1.31. The van der Waals surface area contributed by atoms with E-state index in [1.54, 1.807) is 0 Å². The van der Waals surface area contributed by atoms with Crippen molar-refractivity contribution in [2.24, 2.45) is 0 Å². The van der Waals surface area contributed by atoms with Crippen LogP contribution in [0.25, 0.3) is 0 Å². The predicted octanol–water partition coefficient (Wildman–Crippen LogP) is 0.180. The Morgan fingerprint density at radius 2 is 2.05 bits per heavy atom. The van der Waals surface area contributed by atoms with Gasteiger partial charge in [0.15, 0.2) is 0 Å². The Labute approximate surface area is 121 Å². The number of thiophene rings is 1. The van der Waals surface area contributed by atoms with Gasteiger partial charge in [0.1, 0.15) is 4.21 Å². The van der Waals surface area contributed by atoms with E-state index in [0.29, 0.717) is 11.4 Å². The average Bonchev–Trinajstić information content (AvgIpc) is 2.82. The molecule has 0 spiro atoms. The summed E-state index contributed by atoms with van der Waals surface area (Å²) in [5.74, 6) is -1.43. The molecule has 7 nitrogen and oxygen atoms in total. The van der Waals surface area contributed by atoms with Crippen LogP contribution in [0.15, 0.2) is 16.3 Å². The molecule has 3 N–H and O–H groups in total. The van der Waals surface area contributed by atoms with Crippen LogP contribution >= 0.6 is 11.3 Å². The number of rotatable bonds is 8. The summed E-state index contributed by atoms with van der Waals surface area (Å²) in [6.07, 6.45) is 0.541. The summed E-state index contributed by atoms with van der Waals surface area (Å²) in [6.45, 7) is 2.04. The molecule has 0 unspecified atom stereocenters. The third kappa shape index (κ3) is 5.27. The summed E-state index contributed by atoms with van der Waals surface area (Å²) >= 11 is 0.875. The fourth-order valence-corrected chi connectivity index (χ4v) is 3.68. The minimum Gasteiger partial charge on any atom is -0.481 e. The van der Waals surface area contributed by atoms with Crippen LogP contribution in [0.2, 0.25) is 0 Å². The zero-order valence-corrected chi connectivity index (χ0v) is 12.5. The van der Waals surface area contributed by atoms with Crippen LogP contribution in [-0.2, 0) is 26.0 Å². The standard InChI is InChI=1S/C11H16N2O5S2/c1-2-5-12-9(14)7-13-20(17,18)11-4-3-8(19-11)6-10(15)16/h3-4,13H,2,5-7H2,1H3,(H,12,14)(H,15,16). The molecule has 1 aromatic rings. The summed E-state index contributed by atoms with van der Waals surface area (Å²) in [4.78, 5) is 22.3. The number of aliphatic carboxylic acids is 1. The van der Waals surface area contributed by atoms with Gasteiger partial charge in [0.25, 0.3) is 10.0 Å². The SMILES string of the molecule is CCCNC(=O)CNS(=O)(=O)c1ccc(CC(=O)O)s1. The highest BCUT2D eigenvalue weighted by Crippen LogP contribution is 2.21. The van der Waals surface area contributed by atoms with E-state index in [9.17, 15) is 18.0 Å². The number of carboxylic acids is 1. The Kier molecular flexibility index (Phi) is 6.11. The topological polar surface area (TPSA) is 113 Å². The number of amides is 1. The molecule has 0 saturated heterocycles. The summed E-state index contributed by atoms with van der Waals surface area (Å²) in [5, 5.41) is 11.2. The van der Waals surface area contributed by atoms with Crippen LogP contribution in [0, 0.1) is 0 Å². The first-order chi connectivity index (χ1) is 9.35. The molecule has 1 rings (SSSR count). The minimum absolute atomic E-state index is 0.00274. The Balaban J connectivity index is 2.62. The zero-order chi connectivity index (χ0) is 15.2. The lowest BCUT2D eigenvalue weighted by molar-refractivity contribution is -0.136. The van der Waals surface area contributed by atoms with Crippen molar-refractivity contribution in [3.05, 3.63) is 17.0 Å². The largest absolute Gasteiger partial charge is 0.481 e. The third-order valence-corrected chi connectivity index (χ3v) is 5.20. The Bertz CT molecular complexity index is 579. The van der Waals surface area contributed by atoms with E-state index >= 15 is 0 Å². The van der Waals surface area contributed by atoms with E-state index in [1.807, 2.05) is 6.92 Å². The molecule has 0 aliphatic rings. The van der Waals surface area contributed by atoms with Gasteiger partial charge in [0.05, 0.1) is 13.0 Å². The van der Waals surface area contributed by atoms with Gasteiger partial charge in [0.2, 0.25) is 5.91 Å². The highest BCUT2D eigenvalue weighted by molar-refractivity contribution is 7.91. The van der Waals surface area contributed by atoms with E-state index in [4.69, 9.17) is 5.11 Å². The van der Waals surface area contributed by atoms with Crippen LogP contribution < -0.4 is 10.0 Å². The lowest BCUT2D eigenvalue weighted by Crippen LogP contribution is -2.36. The second kappa shape index (κ2) is 7.36. The van der Waals surface area contributed by atoms with Crippen molar-refractivity contribution < 1.29 is 23.1 Å². The second-order valence-electron chi connectivity index (χ2n) is 3.97. The molecule has 1 amide bonds. The molecule has 20 heavy (non-hydrogen) atoms. The molecule has 0 aliphatic carbocycles. The van der Waals surface area contributed by atoms with Crippen LogP contribution in [0.4, 0.5) is 0 Å². The van der Waals surface area contributed by atoms with E-state index in [1.165, 1.54) is 12.1 Å². The maximum absolute atomic E-state index is 11.9. The third-order valence-electron chi connectivity index (χ3n) is 2.22. The van der Waals surface area contributed by atoms with Gasteiger partial charge in [-0.15, -0.1) is 11.3 Å². The molecular formula is C11H16N2O5S2. The van der Waals surface area contributed by atoms with Gasteiger partial charge >= 0.3 is 5.97 Å². The first-order valence-electron chi connectivity index (χ1n) is 5.92. The smallest absolute Gasteiger partial charge is 0.308 e. The van der Waals surface area contributed by atoms with Gasteiger partial charge in [-0.25, -0.2) is 13.1 Å². The predicted molar refractivity (Wildman–Crippen MR) is 74.1 cm³/mol. The fraction of sp³-hybridized carbons (Fsp3) is 0.455. The highest BCUT2D eigenvalue weighted by atomic mass is 32.2. The quantitative estimate of drug-likeness (QED) is 0.632. The maximum atomic E-state index is 11.9.